The molecule has 3 aromatic carbocycles. The Morgan fingerprint density at radius 1 is 0.909 bits per heavy atom. The van der Waals surface area contributed by atoms with E-state index in [-0.39, 0.29) is 18.0 Å². The number of amides is 1. The van der Waals surface area contributed by atoms with Gasteiger partial charge in [0.1, 0.15) is 12.9 Å². The number of carbonyl (C=O) groups excluding carboxylic acids is 1. The fourth-order valence-corrected chi connectivity index (χ4v) is 3.90. The Labute approximate surface area is 194 Å². The number of nitrogens with zero attached hydrogens (tertiary/aromatic N) is 3. The summed E-state index contributed by atoms with van der Waals surface area (Å²) < 4.78 is 3.28. The fourth-order valence-electron chi connectivity index (χ4n) is 3.78. The number of para-hydroxylation sites is 1. The monoisotopic (exact) mass is 454 g/mol. The van der Waals surface area contributed by atoms with Gasteiger partial charge in [0, 0.05) is 16.4 Å². The molecule has 0 aliphatic carbocycles. The molecule has 0 bridgehead atoms. The fraction of sp³-hybridized carbons (Fsp3) is 0.0385. The number of rotatable bonds is 5. The predicted molar refractivity (Wildman–Crippen MR) is 131 cm³/mol. The number of hydrogen-bond donors (Lipinski definition) is 1. The van der Waals surface area contributed by atoms with Gasteiger partial charge in [0.15, 0.2) is 5.65 Å². The Bertz CT molecular complexity index is 1490. The second-order valence-corrected chi connectivity index (χ2v) is 7.97. The first kappa shape index (κ1) is 20.7. The average Bonchev–Trinajstić information content (AvgIpc) is 3.24. The van der Waals surface area contributed by atoms with Crippen molar-refractivity contribution in [3.05, 3.63) is 113 Å². The Morgan fingerprint density at radius 2 is 1.58 bits per heavy atom. The molecule has 0 aliphatic rings. The van der Waals surface area contributed by atoms with Crippen LogP contribution in [0.4, 0.5) is 5.69 Å². The van der Waals surface area contributed by atoms with Gasteiger partial charge in [-0.1, -0.05) is 60.1 Å². The molecule has 5 aromatic rings. The smallest absolute Gasteiger partial charge is 0.263 e. The second-order valence-electron chi connectivity index (χ2n) is 7.54. The lowest BCUT2D eigenvalue weighted by Crippen LogP contribution is -2.27. The van der Waals surface area contributed by atoms with Gasteiger partial charge in [-0.3, -0.25) is 18.7 Å². The van der Waals surface area contributed by atoms with E-state index in [0.29, 0.717) is 21.7 Å². The van der Waals surface area contributed by atoms with Gasteiger partial charge < -0.3 is 5.32 Å². The quantitative estimate of drug-likeness (QED) is 0.399. The summed E-state index contributed by atoms with van der Waals surface area (Å²) in [6.07, 6.45) is 1.42. The van der Waals surface area contributed by atoms with Gasteiger partial charge in [-0.25, -0.2) is 4.98 Å². The lowest BCUT2D eigenvalue weighted by molar-refractivity contribution is -0.116. The van der Waals surface area contributed by atoms with E-state index in [2.05, 4.69) is 10.3 Å². The van der Waals surface area contributed by atoms with Crippen LogP contribution in [0.25, 0.3) is 28.0 Å². The summed E-state index contributed by atoms with van der Waals surface area (Å²) in [7, 11) is 0. The molecule has 6 nitrogen and oxygen atoms in total. The zero-order valence-corrected chi connectivity index (χ0v) is 18.2. The number of nitrogens with one attached hydrogen (secondary N) is 1. The predicted octanol–water partition coefficient (Wildman–Crippen LogP) is 5.15. The van der Waals surface area contributed by atoms with Crippen LogP contribution in [-0.4, -0.2) is 20.0 Å². The van der Waals surface area contributed by atoms with Crippen LogP contribution in [0.5, 0.6) is 0 Å². The highest BCUT2D eigenvalue weighted by molar-refractivity contribution is 6.30. The summed E-state index contributed by atoms with van der Waals surface area (Å²) in [5.74, 6) is -0.327. The summed E-state index contributed by atoms with van der Waals surface area (Å²) in [5, 5.41) is 3.79. The molecule has 162 valence electrons. The zero-order valence-electron chi connectivity index (χ0n) is 17.5. The number of fused-ring (bicyclic) bond motifs is 1. The minimum absolute atomic E-state index is 0.151. The van der Waals surface area contributed by atoms with Crippen LogP contribution >= 0.6 is 11.6 Å². The van der Waals surface area contributed by atoms with Gasteiger partial charge in [0.2, 0.25) is 5.91 Å². The van der Waals surface area contributed by atoms with Crippen LogP contribution in [0, 0.1) is 0 Å². The first-order valence-electron chi connectivity index (χ1n) is 10.4. The van der Waals surface area contributed by atoms with Crippen molar-refractivity contribution < 1.29 is 4.79 Å². The number of aromatic nitrogens is 3. The standard InChI is InChI=1S/C26H19ClN4O2/c27-19-11-13-20(14-12-19)29-24(32)16-30-17-28-25-22(26(30)33)15-23(18-7-3-1-4-8-18)31(25)21-9-5-2-6-10-21/h1-15,17H,16H2,(H,29,32). The molecule has 0 fully saturated rings. The van der Waals surface area contributed by atoms with Gasteiger partial charge in [-0.15, -0.1) is 0 Å². The van der Waals surface area contributed by atoms with Gasteiger partial charge in [-0.05, 0) is 48.0 Å². The van der Waals surface area contributed by atoms with E-state index in [1.807, 2.05) is 71.3 Å². The van der Waals surface area contributed by atoms with Crippen molar-refractivity contribution in [3.8, 4) is 16.9 Å². The molecule has 1 N–H and O–H groups in total. The van der Waals surface area contributed by atoms with Crippen molar-refractivity contribution in [2.75, 3.05) is 5.32 Å². The molecule has 5 rings (SSSR count). The number of benzene rings is 3. The van der Waals surface area contributed by atoms with Crippen LogP contribution in [0.1, 0.15) is 0 Å². The third kappa shape index (κ3) is 4.16. The first-order chi connectivity index (χ1) is 16.1. The molecule has 0 spiro atoms. The summed E-state index contributed by atoms with van der Waals surface area (Å²) in [5.41, 5.74) is 3.58. The van der Waals surface area contributed by atoms with E-state index >= 15 is 0 Å². The third-order valence-corrected chi connectivity index (χ3v) is 5.56. The molecule has 2 heterocycles. The SMILES string of the molecule is O=C(Cn1cnc2c(cc(-c3ccccc3)n2-c2ccccc2)c1=O)Nc1ccc(Cl)cc1. The molecule has 0 radical (unpaired) electrons. The van der Waals surface area contributed by atoms with Crippen LogP contribution in [0.2, 0.25) is 5.02 Å². The van der Waals surface area contributed by atoms with E-state index in [1.165, 1.54) is 10.9 Å². The lowest BCUT2D eigenvalue weighted by atomic mass is 10.1. The van der Waals surface area contributed by atoms with Gasteiger partial charge in [0.25, 0.3) is 5.56 Å². The van der Waals surface area contributed by atoms with Crippen molar-refractivity contribution >= 4 is 34.2 Å². The van der Waals surface area contributed by atoms with E-state index < -0.39 is 0 Å². The van der Waals surface area contributed by atoms with Crippen molar-refractivity contribution in [3.63, 3.8) is 0 Å². The zero-order chi connectivity index (χ0) is 22.8. The Balaban J connectivity index is 1.56. The lowest BCUT2D eigenvalue weighted by Gasteiger charge is -2.11. The number of anilines is 1. The number of carbonyl (C=O) groups is 1. The molecule has 0 atom stereocenters. The molecule has 1 amide bonds. The molecule has 0 saturated carbocycles. The minimum atomic E-state index is -0.327. The van der Waals surface area contributed by atoms with Crippen molar-refractivity contribution in [1.82, 2.24) is 14.1 Å². The van der Waals surface area contributed by atoms with Crippen molar-refractivity contribution in [2.45, 2.75) is 6.54 Å². The van der Waals surface area contributed by atoms with Gasteiger partial charge in [-0.2, -0.15) is 0 Å². The van der Waals surface area contributed by atoms with Crippen LogP contribution in [-0.2, 0) is 11.3 Å². The highest BCUT2D eigenvalue weighted by Gasteiger charge is 2.17. The highest BCUT2D eigenvalue weighted by atomic mass is 35.5. The molecule has 0 saturated heterocycles. The molecule has 0 aliphatic heterocycles. The average molecular weight is 455 g/mol. The normalized spacial score (nSPS) is 10.9. The Morgan fingerprint density at radius 3 is 2.27 bits per heavy atom. The summed E-state index contributed by atoms with van der Waals surface area (Å²) in [4.78, 5) is 30.4. The topological polar surface area (TPSA) is 68.9 Å². The number of halogens is 1. The summed E-state index contributed by atoms with van der Waals surface area (Å²) in [6.45, 7) is -0.151. The van der Waals surface area contributed by atoms with Gasteiger partial charge >= 0.3 is 0 Å². The van der Waals surface area contributed by atoms with Crippen LogP contribution < -0.4 is 10.9 Å². The maximum Gasteiger partial charge on any atom is 0.263 e. The molecule has 0 unspecified atom stereocenters. The van der Waals surface area contributed by atoms with Crippen molar-refractivity contribution in [2.24, 2.45) is 0 Å². The molecular weight excluding hydrogens is 436 g/mol. The minimum Gasteiger partial charge on any atom is -0.325 e. The molecule has 7 heteroatoms. The van der Waals surface area contributed by atoms with E-state index in [1.54, 1.807) is 24.3 Å². The Kier molecular flexibility index (Phi) is 5.50. The number of hydrogen-bond acceptors (Lipinski definition) is 3. The molecule has 2 aromatic heterocycles. The largest absolute Gasteiger partial charge is 0.325 e. The maximum atomic E-state index is 13.3. The molecule has 33 heavy (non-hydrogen) atoms. The molecular formula is C26H19ClN4O2. The maximum absolute atomic E-state index is 13.3. The second kappa shape index (κ2) is 8.76. The highest BCUT2D eigenvalue weighted by Crippen LogP contribution is 2.29. The first-order valence-corrected chi connectivity index (χ1v) is 10.7. The Hall–Kier alpha value is -4.16. The summed E-state index contributed by atoms with van der Waals surface area (Å²) in [6, 6.07) is 28.2. The van der Waals surface area contributed by atoms with Crippen molar-refractivity contribution in [1.29, 1.82) is 0 Å². The van der Waals surface area contributed by atoms with E-state index in [4.69, 9.17) is 11.6 Å². The van der Waals surface area contributed by atoms with E-state index in [0.717, 1.165) is 16.9 Å². The summed E-state index contributed by atoms with van der Waals surface area (Å²) >= 11 is 5.89. The van der Waals surface area contributed by atoms with Gasteiger partial charge in [0.05, 0.1) is 11.1 Å². The van der Waals surface area contributed by atoms with Crippen LogP contribution in [0.15, 0.2) is 102 Å². The third-order valence-electron chi connectivity index (χ3n) is 5.31. The van der Waals surface area contributed by atoms with E-state index in [9.17, 15) is 9.59 Å². The van der Waals surface area contributed by atoms with Crippen LogP contribution in [0.3, 0.4) is 0 Å².